The van der Waals surface area contributed by atoms with E-state index in [0.29, 0.717) is 16.6 Å². The lowest BCUT2D eigenvalue weighted by atomic mass is 10.1. The van der Waals surface area contributed by atoms with Crippen LogP contribution in [0.5, 0.6) is 0 Å². The maximum Gasteiger partial charge on any atom is 0.237 e. The lowest BCUT2D eigenvalue weighted by Crippen LogP contribution is -2.42. The van der Waals surface area contributed by atoms with E-state index in [2.05, 4.69) is 10.6 Å². The Morgan fingerprint density at radius 3 is 3.00 bits per heavy atom. The van der Waals surface area contributed by atoms with E-state index in [1.54, 1.807) is 12.1 Å². The first-order valence-corrected chi connectivity index (χ1v) is 6.87. The summed E-state index contributed by atoms with van der Waals surface area (Å²) in [5.74, 6) is 0.0747. The van der Waals surface area contributed by atoms with Gasteiger partial charge in [-0.25, -0.2) is 0 Å². The number of hydrogen-bond acceptors (Lipinski definition) is 2. The van der Waals surface area contributed by atoms with Gasteiger partial charge in [-0.1, -0.05) is 23.2 Å². The van der Waals surface area contributed by atoms with E-state index in [4.69, 9.17) is 23.2 Å². The summed E-state index contributed by atoms with van der Waals surface area (Å²) in [4.78, 5) is 11.8. The summed E-state index contributed by atoms with van der Waals surface area (Å²) in [5.41, 5.74) is 0.918. The molecule has 0 aromatic heterocycles. The van der Waals surface area contributed by atoms with Crippen LogP contribution in [0.3, 0.4) is 0 Å². The molecule has 0 bridgehead atoms. The SMILES string of the molecule is O=C1NCCCCC1NCc1cc(Cl)ccc1Cl. The smallest absolute Gasteiger partial charge is 0.237 e. The number of nitrogens with one attached hydrogen (secondary N) is 2. The fraction of sp³-hybridized carbons (Fsp3) is 0.462. The Bertz CT molecular complexity index is 437. The summed E-state index contributed by atoms with van der Waals surface area (Å²) in [6, 6.07) is 5.22. The fourth-order valence-corrected chi connectivity index (χ4v) is 2.43. The lowest BCUT2D eigenvalue weighted by Gasteiger charge is -2.15. The molecule has 2 N–H and O–H groups in total. The van der Waals surface area contributed by atoms with E-state index in [0.717, 1.165) is 31.4 Å². The maximum atomic E-state index is 11.8. The highest BCUT2D eigenvalue weighted by Crippen LogP contribution is 2.20. The van der Waals surface area contributed by atoms with Crippen LogP contribution in [0.25, 0.3) is 0 Å². The van der Waals surface area contributed by atoms with Crippen molar-refractivity contribution in [1.82, 2.24) is 10.6 Å². The van der Waals surface area contributed by atoms with Gasteiger partial charge >= 0.3 is 0 Å². The Kier molecular flexibility index (Phi) is 4.87. The van der Waals surface area contributed by atoms with Gasteiger partial charge in [-0.3, -0.25) is 4.79 Å². The van der Waals surface area contributed by atoms with Crippen molar-refractivity contribution >= 4 is 29.1 Å². The molecule has 1 aliphatic rings. The molecule has 1 amide bonds. The zero-order valence-electron chi connectivity index (χ0n) is 10.0. The van der Waals surface area contributed by atoms with E-state index in [-0.39, 0.29) is 11.9 Å². The zero-order valence-corrected chi connectivity index (χ0v) is 11.5. The summed E-state index contributed by atoms with van der Waals surface area (Å²) < 4.78 is 0. The molecular formula is C13H16Cl2N2O. The summed E-state index contributed by atoms with van der Waals surface area (Å²) in [6.45, 7) is 1.33. The highest BCUT2D eigenvalue weighted by Gasteiger charge is 2.19. The van der Waals surface area contributed by atoms with Crippen molar-refractivity contribution in [2.75, 3.05) is 6.54 Å². The molecule has 98 valence electrons. The molecule has 1 aromatic rings. The largest absolute Gasteiger partial charge is 0.355 e. The molecule has 1 aromatic carbocycles. The second kappa shape index (κ2) is 6.41. The molecule has 1 aliphatic heterocycles. The summed E-state index contributed by atoms with van der Waals surface area (Å²) in [7, 11) is 0. The average molecular weight is 287 g/mol. The van der Waals surface area contributed by atoms with Gasteiger partial charge in [0.05, 0.1) is 6.04 Å². The number of carbonyl (C=O) groups is 1. The van der Waals surface area contributed by atoms with Crippen LogP contribution in [0.1, 0.15) is 24.8 Å². The topological polar surface area (TPSA) is 41.1 Å². The van der Waals surface area contributed by atoms with Crippen LogP contribution in [0, 0.1) is 0 Å². The Balaban J connectivity index is 1.97. The molecule has 18 heavy (non-hydrogen) atoms. The van der Waals surface area contributed by atoms with Gasteiger partial charge in [0, 0.05) is 23.1 Å². The number of carbonyl (C=O) groups excluding carboxylic acids is 1. The van der Waals surface area contributed by atoms with Crippen LogP contribution >= 0.6 is 23.2 Å². The first-order chi connectivity index (χ1) is 8.66. The van der Waals surface area contributed by atoms with Crippen LogP contribution in [-0.4, -0.2) is 18.5 Å². The van der Waals surface area contributed by atoms with Gasteiger partial charge < -0.3 is 10.6 Å². The monoisotopic (exact) mass is 286 g/mol. The van der Waals surface area contributed by atoms with E-state index in [9.17, 15) is 4.79 Å². The van der Waals surface area contributed by atoms with Gasteiger partial charge in [-0.2, -0.15) is 0 Å². The predicted octanol–water partition coefficient (Wildman–Crippen LogP) is 2.75. The molecular weight excluding hydrogens is 271 g/mol. The average Bonchev–Trinajstić information content (AvgIpc) is 2.55. The normalized spacial score (nSPS) is 20.3. The maximum absolute atomic E-state index is 11.8. The highest BCUT2D eigenvalue weighted by molar-refractivity contribution is 6.33. The molecule has 0 aliphatic carbocycles. The first kappa shape index (κ1) is 13.7. The number of amides is 1. The van der Waals surface area contributed by atoms with E-state index >= 15 is 0 Å². The highest BCUT2D eigenvalue weighted by atomic mass is 35.5. The van der Waals surface area contributed by atoms with Crippen LogP contribution in [-0.2, 0) is 11.3 Å². The third kappa shape index (κ3) is 3.61. The van der Waals surface area contributed by atoms with Crippen LogP contribution < -0.4 is 10.6 Å². The summed E-state index contributed by atoms with van der Waals surface area (Å²) in [5, 5.41) is 7.46. The fourth-order valence-electron chi connectivity index (χ4n) is 2.05. The summed E-state index contributed by atoms with van der Waals surface area (Å²) >= 11 is 12.0. The summed E-state index contributed by atoms with van der Waals surface area (Å²) in [6.07, 6.45) is 2.96. The van der Waals surface area contributed by atoms with E-state index in [1.165, 1.54) is 0 Å². The van der Waals surface area contributed by atoms with Gasteiger partial charge in [0.1, 0.15) is 0 Å². The van der Waals surface area contributed by atoms with Crippen LogP contribution in [0.15, 0.2) is 18.2 Å². The Labute approximate surface area is 117 Å². The van der Waals surface area contributed by atoms with E-state index < -0.39 is 0 Å². The van der Waals surface area contributed by atoms with Gasteiger partial charge in [-0.15, -0.1) is 0 Å². The lowest BCUT2D eigenvalue weighted by molar-refractivity contribution is -0.122. The molecule has 2 rings (SSSR count). The standard InChI is InChI=1S/C13H16Cl2N2O/c14-10-4-5-11(15)9(7-10)8-17-12-3-1-2-6-16-13(12)18/h4-5,7,12,17H,1-3,6,8H2,(H,16,18). The minimum Gasteiger partial charge on any atom is -0.355 e. The van der Waals surface area contributed by atoms with Gasteiger partial charge in [-0.05, 0) is 43.0 Å². The van der Waals surface area contributed by atoms with Crippen molar-refractivity contribution in [1.29, 1.82) is 0 Å². The molecule has 0 saturated carbocycles. The van der Waals surface area contributed by atoms with Crippen molar-refractivity contribution in [3.8, 4) is 0 Å². The van der Waals surface area contributed by atoms with E-state index in [1.807, 2.05) is 6.07 Å². The van der Waals surface area contributed by atoms with Crippen molar-refractivity contribution in [3.05, 3.63) is 33.8 Å². The molecule has 3 nitrogen and oxygen atoms in total. The molecule has 5 heteroatoms. The van der Waals surface area contributed by atoms with Crippen molar-refractivity contribution in [3.63, 3.8) is 0 Å². The Morgan fingerprint density at radius 1 is 1.33 bits per heavy atom. The third-order valence-corrected chi connectivity index (χ3v) is 3.69. The van der Waals surface area contributed by atoms with Gasteiger partial charge in [0.25, 0.3) is 0 Å². The second-order valence-corrected chi connectivity index (χ2v) is 5.30. The van der Waals surface area contributed by atoms with Gasteiger partial charge in [0.2, 0.25) is 5.91 Å². The number of rotatable bonds is 3. The molecule has 1 fully saturated rings. The molecule has 1 unspecified atom stereocenters. The number of benzene rings is 1. The van der Waals surface area contributed by atoms with Crippen molar-refractivity contribution in [2.24, 2.45) is 0 Å². The van der Waals surface area contributed by atoms with Crippen LogP contribution in [0.2, 0.25) is 10.0 Å². The predicted molar refractivity (Wildman–Crippen MR) is 74.0 cm³/mol. The molecule has 1 atom stereocenters. The van der Waals surface area contributed by atoms with Crippen LogP contribution in [0.4, 0.5) is 0 Å². The first-order valence-electron chi connectivity index (χ1n) is 6.12. The molecule has 0 radical (unpaired) electrons. The number of hydrogen-bond donors (Lipinski definition) is 2. The zero-order chi connectivity index (χ0) is 13.0. The molecule has 1 heterocycles. The third-order valence-electron chi connectivity index (χ3n) is 3.08. The van der Waals surface area contributed by atoms with Crippen molar-refractivity contribution in [2.45, 2.75) is 31.8 Å². The Morgan fingerprint density at radius 2 is 2.17 bits per heavy atom. The Hall–Kier alpha value is -0.770. The van der Waals surface area contributed by atoms with Crippen molar-refractivity contribution < 1.29 is 4.79 Å². The van der Waals surface area contributed by atoms with Gasteiger partial charge in [0.15, 0.2) is 0 Å². The quantitative estimate of drug-likeness (QED) is 0.897. The minimum atomic E-state index is -0.137. The molecule has 0 spiro atoms. The minimum absolute atomic E-state index is 0.0747. The number of halogens is 2. The molecule has 1 saturated heterocycles. The second-order valence-electron chi connectivity index (χ2n) is 4.46.